The molecule has 0 amide bonds. The van der Waals surface area contributed by atoms with Crippen molar-refractivity contribution in [3.8, 4) is 11.5 Å². The van der Waals surface area contributed by atoms with Gasteiger partial charge in [-0.1, -0.05) is 40.5 Å². The van der Waals surface area contributed by atoms with Gasteiger partial charge in [0.1, 0.15) is 17.1 Å². The average Bonchev–Trinajstić information content (AvgIpc) is 3.03. The van der Waals surface area contributed by atoms with E-state index in [0.29, 0.717) is 17.2 Å². The van der Waals surface area contributed by atoms with Crippen molar-refractivity contribution in [1.82, 2.24) is 0 Å². The van der Waals surface area contributed by atoms with Gasteiger partial charge in [-0.25, -0.2) is 0 Å². The number of phenolic OH excluding ortho intramolecular Hbond substituents is 1. The van der Waals surface area contributed by atoms with E-state index in [1.54, 1.807) is 7.11 Å². The number of benzene rings is 1. The lowest BCUT2D eigenvalue weighted by Crippen LogP contribution is -2.51. The molecule has 0 saturated heterocycles. The number of rotatable bonds is 6. The third-order valence-electron chi connectivity index (χ3n) is 7.36. The van der Waals surface area contributed by atoms with E-state index in [9.17, 15) is 10.2 Å². The molecule has 2 aliphatic carbocycles. The van der Waals surface area contributed by atoms with Gasteiger partial charge in [0.25, 0.3) is 0 Å². The van der Waals surface area contributed by atoms with Gasteiger partial charge < -0.3 is 14.9 Å². The molecule has 0 radical (unpaired) electrons. The fraction of sp³-hybridized carbons (Fsp3) is 0.727. The Labute approximate surface area is 152 Å². The Morgan fingerprint density at radius 3 is 2.48 bits per heavy atom. The van der Waals surface area contributed by atoms with Crippen LogP contribution in [0, 0.1) is 16.7 Å². The number of unbranched alkanes of at least 4 members (excludes halogenated alkanes) is 2. The van der Waals surface area contributed by atoms with E-state index in [1.165, 1.54) is 12.8 Å². The van der Waals surface area contributed by atoms with Crippen LogP contribution in [0.3, 0.4) is 0 Å². The summed E-state index contributed by atoms with van der Waals surface area (Å²) in [6.45, 7) is 8.66. The molecule has 3 nitrogen and oxygen atoms in total. The topological polar surface area (TPSA) is 49.7 Å². The van der Waals surface area contributed by atoms with Gasteiger partial charge in [-0.3, -0.25) is 0 Å². The standard InChI is InChI=1S/C22H34O3/c1-6-7-8-9-15-12-17(23)19(18(13-15)25-5)22(24)20(2,3)16-10-11-21(22,4)14-16/h12-13,16,23-24H,6-11,14H2,1-5H3/t16?,21?,22-/m0/s1. The van der Waals surface area contributed by atoms with Crippen LogP contribution < -0.4 is 4.74 Å². The Morgan fingerprint density at radius 1 is 1.20 bits per heavy atom. The summed E-state index contributed by atoms with van der Waals surface area (Å²) in [5.41, 5.74) is 0.120. The fourth-order valence-corrected chi connectivity index (χ4v) is 5.79. The highest BCUT2D eigenvalue weighted by Crippen LogP contribution is 2.73. The molecule has 0 heterocycles. The molecule has 3 heteroatoms. The van der Waals surface area contributed by atoms with E-state index < -0.39 is 5.60 Å². The van der Waals surface area contributed by atoms with Crippen molar-refractivity contribution < 1.29 is 14.9 Å². The predicted octanol–water partition coefficient (Wildman–Crippen LogP) is 5.17. The van der Waals surface area contributed by atoms with Crippen molar-refractivity contribution in [3.63, 3.8) is 0 Å². The molecule has 3 atom stereocenters. The monoisotopic (exact) mass is 346 g/mol. The second-order valence-corrected chi connectivity index (χ2v) is 9.08. The Hall–Kier alpha value is -1.22. The van der Waals surface area contributed by atoms with E-state index >= 15 is 0 Å². The minimum absolute atomic E-state index is 0.190. The van der Waals surface area contributed by atoms with Crippen LogP contribution in [0.1, 0.15) is 77.3 Å². The van der Waals surface area contributed by atoms with Crippen molar-refractivity contribution in [1.29, 1.82) is 0 Å². The first kappa shape index (κ1) is 18.6. The third-order valence-corrected chi connectivity index (χ3v) is 7.36. The molecule has 2 saturated carbocycles. The summed E-state index contributed by atoms with van der Waals surface area (Å²) in [6, 6.07) is 3.87. The molecular formula is C22H34O3. The van der Waals surface area contributed by atoms with Gasteiger partial charge in [-0.2, -0.15) is 0 Å². The average molecular weight is 347 g/mol. The SMILES string of the molecule is CCCCCc1cc(O)c([C@@]2(O)C3(C)CCC(C3)C2(C)C)c(OC)c1. The first-order valence-electron chi connectivity index (χ1n) is 9.84. The van der Waals surface area contributed by atoms with E-state index in [-0.39, 0.29) is 16.6 Å². The summed E-state index contributed by atoms with van der Waals surface area (Å²) >= 11 is 0. The highest BCUT2D eigenvalue weighted by atomic mass is 16.5. The minimum atomic E-state index is -1.07. The molecule has 2 N–H and O–H groups in total. The smallest absolute Gasteiger partial charge is 0.128 e. The maximum absolute atomic E-state index is 12.0. The van der Waals surface area contributed by atoms with Crippen LogP contribution in [-0.4, -0.2) is 17.3 Å². The molecule has 0 aromatic heterocycles. The van der Waals surface area contributed by atoms with Crippen LogP contribution in [0.5, 0.6) is 11.5 Å². The van der Waals surface area contributed by atoms with E-state index in [1.807, 2.05) is 12.1 Å². The second-order valence-electron chi connectivity index (χ2n) is 9.08. The van der Waals surface area contributed by atoms with Crippen LogP contribution in [-0.2, 0) is 12.0 Å². The summed E-state index contributed by atoms with van der Waals surface area (Å²) in [4.78, 5) is 0. The van der Waals surface area contributed by atoms with Crippen molar-refractivity contribution in [2.45, 2.75) is 78.2 Å². The number of aliphatic hydroxyl groups is 1. The lowest BCUT2D eigenvalue weighted by molar-refractivity contribution is -0.152. The molecule has 1 aromatic carbocycles. The number of phenols is 1. The fourth-order valence-electron chi connectivity index (χ4n) is 5.79. The lowest BCUT2D eigenvalue weighted by atomic mass is 9.57. The van der Waals surface area contributed by atoms with Crippen molar-refractivity contribution >= 4 is 0 Å². The molecule has 2 unspecified atom stereocenters. The highest BCUT2D eigenvalue weighted by Gasteiger charge is 2.70. The maximum Gasteiger partial charge on any atom is 0.128 e. The second kappa shape index (κ2) is 6.19. The number of fused-ring (bicyclic) bond motifs is 2. The molecule has 25 heavy (non-hydrogen) atoms. The highest BCUT2D eigenvalue weighted by molar-refractivity contribution is 5.54. The molecule has 0 spiro atoms. The molecule has 0 aliphatic heterocycles. The summed E-state index contributed by atoms with van der Waals surface area (Å²) in [5.74, 6) is 1.31. The predicted molar refractivity (Wildman–Crippen MR) is 101 cm³/mol. The number of methoxy groups -OCH3 is 1. The summed E-state index contributed by atoms with van der Waals surface area (Å²) in [7, 11) is 1.64. The Balaban J connectivity index is 2.07. The molecule has 140 valence electrons. The first-order valence-corrected chi connectivity index (χ1v) is 9.84. The number of aromatic hydroxyl groups is 1. The van der Waals surface area contributed by atoms with E-state index in [0.717, 1.165) is 37.7 Å². The molecule has 2 bridgehead atoms. The van der Waals surface area contributed by atoms with Gasteiger partial charge in [0.2, 0.25) is 0 Å². The normalized spacial score (nSPS) is 33.0. The quantitative estimate of drug-likeness (QED) is 0.699. The maximum atomic E-state index is 12.0. The number of ether oxygens (including phenoxy) is 1. The summed E-state index contributed by atoms with van der Waals surface area (Å²) in [6.07, 6.45) is 7.56. The Kier molecular flexibility index (Phi) is 4.60. The molecule has 2 fully saturated rings. The van der Waals surface area contributed by atoms with E-state index in [2.05, 4.69) is 27.7 Å². The van der Waals surface area contributed by atoms with Gasteiger partial charge in [0.05, 0.1) is 12.7 Å². The van der Waals surface area contributed by atoms with Crippen molar-refractivity contribution in [2.75, 3.05) is 7.11 Å². The lowest BCUT2D eigenvalue weighted by Gasteiger charge is -2.51. The van der Waals surface area contributed by atoms with Crippen molar-refractivity contribution in [2.24, 2.45) is 16.7 Å². The zero-order valence-electron chi connectivity index (χ0n) is 16.5. The number of aryl methyl sites for hydroxylation is 1. The van der Waals surface area contributed by atoms with E-state index in [4.69, 9.17) is 4.74 Å². The summed E-state index contributed by atoms with van der Waals surface area (Å²) in [5, 5.41) is 22.9. The zero-order chi connectivity index (χ0) is 18.5. The van der Waals surface area contributed by atoms with Crippen LogP contribution in [0.2, 0.25) is 0 Å². The van der Waals surface area contributed by atoms with Crippen LogP contribution in [0.25, 0.3) is 0 Å². The molecule has 2 aliphatic rings. The van der Waals surface area contributed by atoms with Crippen LogP contribution >= 0.6 is 0 Å². The van der Waals surface area contributed by atoms with Crippen LogP contribution in [0.15, 0.2) is 12.1 Å². The zero-order valence-corrected chi connectivity index (χ0v) is 16.5. The first-order chi connectivity index (χ1) is 11.7. The molecular weight excluding hydrogens is 312 g/mol. The summed E-state index contributed by atoms with van der Waals surface area (Å²) < 4.78 is 5.68. The van der Waals surface area contributed by atoms with Gasteiger partial charge >= 0.3 is 0 Å². The Bertz CT molecular complexity index is 644. The van der Waals surface area contributed by atoms with Crippen molar-refractivity contribution in [3.05, 3.63) is 23.3 Å². The Morgan fingerprint density at radius 2 is 1.92 bits per heavy atom. The number of hydrogen-bond acceptors (Lipinski definition) is 3. The van der Waals surface area contributed by atoms with Gasteiger partial charge in [-0.05, 0) is 55.7 Å². The van der Waals surface area contributed by atoms with Gasteiger partial charge in [0, 0.05) is 10.8 Å². The van der Waals surface area contributed by atoms with Gasteiger partial charge in [-0.15, -0.1) is 0 Å². The molecule has 3 rings (SSSR count). The van der Waals surface area contributed by atoms with Gasteiger partial charge in [0.15, 0.2) is 0 Å². The third kappa shape index (κ3) is 2.50. The number of hydrogen-bond donors (Lipinski definition) is 2. The van der Waals surface area contributed by atoms with Crippen LogP contribution in [0.4, 0.5) is 0 Å². The minimum Gasteiger partial charge on any atom is -0.507 e. The molecule has 1 aromatic rings. The largest absolute Gasteiger partial charge is 0.507 e.